The number of rotatable bonds is 4. The molecule has 2 fully saturated rings. The molecule has 1 saturated carbocycles. The fourth-order valence-electron chi connectivity index (χ4n) is 4.52. The van der Waals surface area contributed by atoms with Crippen LogP contribution in [0.25, 0.3) is 0 Å². The second-order valence-corrected chi connectivity index (χ2v) is 8.54. The Morgan fingerprint density at radius 1 is 1.10 bits per heavy atom. The van der Waals surface area contributed by atoms with Crippen molar-refractivity contribution in [2.45, 2.75) is 50.7 Å². The Labute approximate surface area is 179 Å². The summed E-state index contributed by atoms with van der Waals surface area (Å²) >= 11 is 0. The normalized spacial score (nSPS) is 19.0. The van der Waals surface area contributed by atoms with E-state index in [0.717, 1.165) is 64.3 Å². The lowest BCUT2D eigenvalue weighted by Crippen LogP contribution is -2.45. The summed E-state index contributed by atoms with van der Waals surface area (Å²) in [5.41, 5.74) is -0.640. The predicted octanol–water partition coefficient (Wildman–Crippen LogP) is 3.50. The van der Waals surface area contributed by atoms with Gasteiger partial charge in [-0.05, 0) is 44.0 Å². The highest BCUT2D eigenvalue weighted by atomic mass is 19.4. The summed E-state index contributed by atoms with van der Waals surface area (Å²) in [5.74, 6) is 0.797. The Morgan fingerprint density at radius 3 is 2.48 bits per heavy atom. The lowest BCUT2D eigenvalue weighted by atomic mass is 9.85. The van der Waals surface area contributed by atoms with E-state index >= 15 is 0 Å². The molecule has 0 aromatic carbocycles. The SMILES string of the molecule is CN1CCN(c2cc(C3CCCCC3)c(=O)n(Cc3ncccc3C(F)(F)F)n2)CC1. The zero-order valence-electron chi connectivity index (χ0n) is 17.7. The number of piperazine rings is 1. The molecule has 0 atom stereocenters. The summed E-state index contributed by atoms with van der Waals surface area (Å²) in [6, 6.07) is 4.14. The third kappa shape index (κ3) is 4.92. The van der Waals surface area contributed by atoms with Gasteiger partial charge in [-0.25, -0.2) is 4.68 Å². The number of halogens is 3. The summed E-state index contributed by atoms with van der Waals surface area (Å²) in [7, 11) is 2.05. The van der Waals surface area contributed by atoms with Crippen molar-refractivity contribution in [1.29, 1.82) is 0 Å². The quantitative estimate of drug-likeness (QED) is 0.736. The van der Waals surface area contributed by atoms with E-state index in [2.05, 4.69) is 26.9 Å². The number of nitrogens with zero attached hydrogens (tertiary/aromatic N) is 5. The minimum Gasteiger partial charge on any atom is -0.353 e. The Balaban J connectivity index is 1.74. The molecule has 2 aliphatic rings. The standard InChI is InChI=1S/C22H28F3N5O/c1-28-10-12-29(13-11-28)20-14-17(16-6-3-2-4-7-16)21(31)30(27-20)15-19-18(22(23,24)25)8-5-9-26-19/h5,8-9,14,16H,2-4,6-7,10-13,15H2,1H3. The number of aromatic nitrogens is 3. The average molecular weight is 435 g/mol. The predicted molar refractivity (Wildman–Crippen MR) is 112 cm³/mol. The van der Waals surface area contributed by atoms with E-state index in [9.17, 15) is 18.0 Å². The molecule has 2 aromatic heterocycles. The molecule has 0 unspecified atom stereocenters. The highest BCUT2D eigenvalue weighted by molar-refractivity contribution is 5.41. The van der Waals surface area contributed by atoms with Crippen LogP contribution in [-0.2, 0) is 12.7 Å². The van der Waals surface area contributed by atoms with Gasteiger partial charge in [-0.1, -0.05) is 19.3 Å². The molecule has 1 saturated heterocycles. The second kappa shape index (κ2) is 8.98. The number of likely N-dealkylation sites (N-methyl/N-ethyl adjacent to an activating group) is 1. The number of anilines is 1. The molecular formula is C22H28F3N5O. The maximum absolute atomic E-state index is 13.5. The summed E-state index contributed by atoms with van der Waals surface area (Å²) in [6.07, 6.45) is 1.93. The van der Waals surface area contributed by atoms with E-state index in [4.69, 9.17) is 0 Å². The Bertz CT molecular complexity index is 960. The Hall–Kier alpha value is -2.42. The summed E-state index contributed by atoms with van der Waals surface area (Å²) in [6.45, 7) is 2.98. The van der Waals surface area contributed by atoms with Gasteiger partial charge in [0.15, 0.2) is 0 Å². The average Bonchev–Trinajstić information content (AvgIpc) is 2.76. The molecule has 0 amide bonds. The minimum absolute atomic E-state index is 0.132. The van der Waals surface area contributed by atoms with Crippen LogP contribution in [0, 0.1) is 0 Å². The van der Waals surface area contributed by atoms with Crippen molar-refractivity contribution in [1.82, 2.24) is 19.7 Å². The van der Waals surface area contributed by atoms with Crippen LogP contribution in [-0.4, -0.2) is 52.9 Å². The van der Waals surface area contributed by atoms with E-state index in [-0.39, 0.29) is 23.7 Å². The molecule has 1 aliphatic heterocycles. The smallest absolute Gasteiger partial charge is 0.353 e. The van der Waals surface area contributed by atoms with E-state index in [0.29, 0.717) is 11.4 Å². The molecule has 0 radical (unpaired) electrons. The molecule has 168 valence electrons. The summed E-state index contributed by atoms with van der Waals surface area (Å²) in [4.78, 5) is 21.6. The number of hydrogen-bond acceptors (Lipinski definition) is 5. The second-order valence-electron chi connectivity index (χ2n) is 8.54. The molecule has 0 bridgehead atoms. The van der Waals surface area contributed by atoms with Crippen LogP contribution < -0.4 is 10.5 Å². The zero-order valence-corrected chi connectivity index (χ0v) is 17.7. The van der Waals surface area contributed by atoms with E-state index < -0.39 is 11.7 Å². The molecule has 1 aliphatic carbocycles. The molecule has 2 aromatic rings. The molecular weight excluding hydrogens is 407 g/mol. The van der Waals surface area contributed by atoms with Crippen molar-refractivity contribution >= 4 is 5.82 Å². The van der Waals surface area contributed by atoms with E-state index in [1.54, 1.807) is 0 Å². The van der Waals surface area contributed by atoms with Gasteiger partial charge in [0.2, 0.25) is 0 Å². The molecule has 4 rings (SSSR count). The molecule has 31 heavy (non-hydrogen) atoms. The highest BCUT2D eigenvalue weighted by Gasteiger charge is 2.34. The Morgan fingerprint density at radius 2 is 1.81 bits per heavy atom. The van der Waals surface area contributed by atoms with Gasteiger partial charge in [0.1, 0.15) is 5.82 Å². The van der Waals surface area contributed by atoms with Crippen LogP contribution >= 0.6 is 0 Å². The third-order valence-corrected chi connectivity index (χ3v) is 6.36. The molecule has 0 N–H and O–H groups in total. The minimum atomic E-state index is -4.53. The summed E-state index contributed by atoms with van der Waals surface area (Å²) < 4.78 is 41.6. The van der Waals surface area contributed by atoms with Gasteiger partial charge in [-0.15, -0.1) is 0 Å². The van der Waals surface area contributed by atoms with Crippen molar-refractivity contribution < 1.29 is 13.2 Å². The molecule has 6 nitrogen and oxygen atoms in total. The Kier molecular flexibility index (Phi) is 6.31. The van der Waals surface area contributed by atoms with Gasteiger partial charge in [-0.3, -0.25) is 9.78 Å². The number of alkyl halides is 3. The van der Waals surface area contributed by atoms with E-state index in [1.165, 1.54) is 16.9 Å². The van der Waals surface area contributed by atoms with E-state index in [1.807, 2.05) is 6.07 Å². The first kappa shape index (κ1) is 21.8. The molecule has 0 spiro atoms. The maximum Gasteiger partial charge on any atom is 0.418 e. The first-order chi connectivity index (χ1) is 14.8. The summed E-state index contributed by atoms with van der Waals surface area (Å²) in [5, 5.41) is 4.50. The largest absolute Gasteiger partial charge is 0.418 e. The molecule has 3 heterocycles. The fraction of sp³-hybridized carbons (Fsp3) is 0.591. The lowest BCUT2D eigenvalue weighted by molar-refractivity contribution is -0.138. The van der Waals surface area contributed by atoms with Gasteiger partial charge >= 0.3 is 6.18 Å². The third-order valence-electron chi connectivity index (χ3n) is 6.36. The van der Waals surface area contributed by atoms with Gasteiger partial charge in [-0.2, -0.15) is 18.3 Å². The fourth-order valence-corrected chi connectivity index (χ4v) is 4.52. The first-order valence-electron chi connectivity index (χ1n) is 10.9. The van der Waals surface area contributed by atoms with Gasteiger partial charge in [0.05, 0.1) is 17.8 Å². The van der Waals surface area contributed by atoms with Crippen molar-refractivity contribution in [3.8, 4) is 0 Å². The topological polar surface area (TPSA) is 54.3 Å². The van der Waals surface area contributed by atoms with Crippen molar-refractivity contribution in [2.24, 2.45) is 0 Å². The number of pyridine rings is 1. The van der Waals surface area contributed by atoms with Crippen LogP contribution in [0.5, 0.6) is 0 Å². The maximum atomic E-state index is 13.5. The van der Waals surface area contributed by atoms with Crippen molar-refractivity contribution in [3.05, 3.63) is 51.6 Å². The van der Waals surface area contributed by atoms with Crippen LogP contribution in [0.15, 0.2) is 29.2 Å². The highest BCUT2D eigenvalue weighted by Crippen LogP contribution is 2.33. The van der Waals surface area contributed by atoms with Gasteiger partial charge in [0.25, 0.3) is 5.56 Å². The molecule has 9 heteroatoms. The first-order valence-corrected chi connectivity index (χ1v) is 10.9. The van der Waals surface area contributed by atoms with Gasteiger partial charge in [0, 0.05) is 37.9 Å². The van der Waals surface area contributed by atoms with Crippen molar-refractivity contribution in [2.75, 3.05) is 38.1 Å². The van der Waals surface area contributed by atoms with Crippen LogP contribution in [0.4, 0.5) is 19.0 Å². The van der Waals surface area contributed by atoms with Crippen molar-refractivity contribution in [3.63, 3.8) is 0 Å². The van der Waals surface area contributed by atoms with Crippen LogP contribution in [0.1, 0.15) is 54.8 Å². The van der Waals surface area contributed by atoms with Crippen LogP contribution in [0.2, 0.25) is 0 Å². The zero-order chi connectivity index (χ0) is 22.0. The van der Waals surface area contributed by atoms with Gasteiger partial charge < -0.3 is 9.80 Å². The number of hydrogen-bond donors (Lipinski definition) is 0. The van der Waals surface area contributed by atoms with Crippen LogP contribution in [0.3, 0.4) is 0 Å². The monoisotopic (exact) mass is 435 g/mol. The lowest BCUT2D eigenvalue weighted by Gasteiger charge is -2.34.